The van der Waals surface area contributed by atoms with E-state index in [-0.39, 0.29) is 0 Å². The standard InChI is InChI=1S/C34H28O22/c35-9-22-27(53-30(48)10-1-14(36)23(44)15(37)2-10)28(54-31(49)11-3-16(38)24(45)17(39)4-11)29(55-32(50)12-5-18(40)25(46)19(41)6-12)34(52-22)56-33(51)13-7-20(42)26(47)21(43)8-13/h1-8,22,27-29,34-47H,9H2. The number of carbonyl (C=O) groups is 4. The van der Waals surface area contributed by atoms with Crippen LogP contribution in [0.2, 0.25) is 0 Å². The highest BCUT2D eigenvalue weighted by molar-refractivity contribution is 5.94. The minimum Gasteiger partial charge on any atom is -0.504 e. The zero-order valence-corrected chi connectivity index (χ0v) is 27.7. The summed E-state index contributed by atoms with van der Waals surface area (Å²) in [7, 11) is 0. The average molecular weight is 789 g/mol. The number of aromatic hydroxyl groups is 12. The molecule has 0 amide bonds. The second kappa shape index (κ2) is 15.3. The highest BCUT2D eigenvalue weighted by Crippen LogP contribution is 2.40. The van der Waals surface area contributed by atoms with Gasteiger partial charge in [-0.15, -0.1) is 0 Å². The molecule has 0 aliphatic carbocycles. The minimum atomic E-state index is -2.38. The van der Waals surface area contributed by atoms with Crippen molar-refractivity contribution in [3.05, 3.63) is 70.8 Å². The Labute approximate surface area is 310 Å². The van der Waals surface area contributed by atoms with Gasteiger partial charge in [-0.05, 0) is 48.5 Å². The number of ether oxygens (including phenoxy) is 5. The van der Waals surface area contributed by atoms with Crippen molar-refractivity contribution >= 4 is 23.9 Å². The molecule has 4 aromatic carbocycles. The summed E-state index contributed by atoms with van der Waals surface area (Å²) in [6.07, 6.45) is -11.2. The first-order valence-electron chi connectivity index (χ1n) is 15.4. The lowest BCUT2D eigenvalue weighted by atomic mass is 9.97. The Kier molecular flexibility index (Phi) is 10.8. The second-order valence-corrected chi connectivity index (χ2v) is 11.7. The summed E-state index contributed by atoms with van der Waals surface area (Å²) in [5.41, 5.74) is -2.84. The molecule has 1 aliphatic heterocycles. The topological polar surface area (TPSA) is 377 Å². The number of esters is 4. The molecule has 0 saturated carbocycles. The number of rotatable bonds is 9. The van der Waals surface area contributed by atoms with Crippen molar-refractivity contribution in [3.63, 3.8) is 0 Å². The Balaban J connectivity index is 1.64. The van der Waals surface area contributed by atoms with E-state index in [9.17, 15) is 85.6 Å². The maximum absolute atomic E-state index is 13.6. The minimum absolute atomic E-state index is 0.588. The number of aliphatic hydroxyl groups is 1. The van der Waals surface area contributed by atoms with Crippen LogP contribution < -0.4 is 0 Å². The van der Waals surface area contributed by atoms with Crippen LogP contribution in [0.1, 0.15) is 41.4 Å². The Morgan fingerprint density at radius 2 is 0.661 bits per heavy atom. The third-order valence-electron chi connectivity index (χ3n) is 7.95. The summed E-state index contributed by atoms with van der Waals surface area (Å²) in [4.78, 5) is 53.7. The molecule has 1 aliphatic rings. The van der Waals surface area contributed by atoms with Crippen LogP contribution in [0.25, 0.3) is 0 Å². The quantitative estimate of drug-likeness (QED) is 0.0630. The highest BCUT2D eigenvalue weighted by Gasteiger charge is 2.54. The summed E-state index contributed by atoms with van der Waals surface area (Å²) in [5.74, 6) is -18.6. The Hall–Kier alpha value is -7.72. The monoisotopic (exact) mass is 788 g/mol. The summed E-state index contributed by atoms with van der Waals surface area (Å²) in [5, 5.41) is 129. The van der Waals surface area contributed by atoms with E-state index in [1.165, 1.54) is 0 Å². The van der Waals surface area contributed by atoms with Gasteiger partial charge in [0.25, 0.3) is 0 Å². The number of hydrogen-bond donors (Lipinski definition) is 13. The van der Waals surface area contributed by atoms with Gasteiger partial charge in [0.15, 0.2) is 81.2 Å². The van der Waals surface area contributed by atoms with Crippen LogP contribution in [-0.2, 0) is 23.7 Å². The molecule has 296 valence electrons. The Bertz CT molecular complexity index is 2140. The van der Waals surface area contributed by atoms with Gasteiger partial charge in [0, 0.05) is 0 Å². The first-order chi connectivity index (χ1) is 26.3. The van der Waals surface area contributed by atoms with Crippen molar-refractivity contribution < 1.29 is 109 Å². The molecule has 0 aromatic heterocycles. The number of phenols is 12. The van der Waals surface area contributed by atoms with E-state index >= 15 is 0 Å². The van der Waals surface area contributed by atoms with E-state index in [1.54, 1.807) is 0 Å². The fourth-order valence-corrected chi connectivity index (χ4v) is 5.16. The fraction of sp³-hybridized carbons (Fsp3) is 0.176. The first kappa shape index (κ1) is 39.5. The molecule has 22 nitrogen and oxygen atoms in total. The molecule has 1 fully saturated rings. The van der Waals surface area contributed by atoms with E-state index < -0.39 is 152 Å². The lowest BCUT2D eigenvalue weighted by Crippen LogP contribution is -2.63. The summed E-state index contributed by atoms with van der Waals surface area (Å²) >= 11 is 0. The van der Waals surface area contributed by atoms with Gasteiger partial charge >= 0.3 is 23.9 Å². The van der Waals surface area contributed by atoms with Crippen LogP contribution in [0, 0.1) is 0 Å². The van der Waals surface area contributed by atoms with Gasteiger partial charge < -0.3 is 90.1 Å². The molecule has 5 rings (SSSR count). The van der Waals surface area contributed by atoms with Gasteiger partial charge in [0.05, 0.1) is 28.9 Å². The number of carbonyl (C=O) groups excluding carboxylic acids is 4. The van der Waals surface area contributed by atoms with E-state index in [0.29, 0.717) is 48.5 Å². The van der Waals surface area contributed by atoms with Gasteiger partial charge in [-0.1, -0.05) is 0 Å². The molecule has 22 heteroatoms. The molecule has 1 heterocycles. The first-order valence-corrected chi connectivity index (χ1v) is 15.4. The molecule has 56 heavy (non-hydrogen) atoms. The number of phenolic OH excluding ortho intramolecular Hbond substituents is 12. The Morgan fingerprint density at radius 1 is 0.411 bits per heavy atom. The lowest BCUT2D eigenvalue weighted by Gasteiger charge is -2.43. The van der Waals surface area contributed by atoms with Crippen LogP contribution in [0.5, 0.6) is 69.0 Å². The summed E-state index contributed by atoms with van der Waals surface area (Å²) in [6, 6.07) is 4.82. The highest BCUT2D eigenvalue weighted by atomic mass is 16.7. The average Bonchev–Trinajstić information content (AvgIpc) is 3.14. The van der Waals surface area contributed by atoms with Gasteiger partial charge in [-0.2, -0.15) is 0 Å². The van der Waals surface area contributed by atoms with E-state index in [4.69, 9.17) is 23.7 Å². The third-order valence-corrected chi connectivity index (χ3v) is 7.95. The van der Waals surface area contributed by atoms with Crippen molar-refractivity contribution in [1.29, 1.82) is 0 Å². The predicted molar refractivity (Wildman–Crippen MR) is 175 cm³/mol. The molecule has 5 unspecified atom stereocenters. The van der Waals surface area contributed by atoms with Gasteiger partial charge in [0.1, 0.15) is 6.10 Å². The molecule has 0 spiro atoms. The van der Waals surface area contributed by atoms with Crippen LogP contribution in [-0.4, -0.2) is 128 Å². The number of hydrogen-bond acceptors (Lipinski definition) is 22. The molecule has 0 bridgehead atoms. The molecule has 4 aromatic rings. The molecule has 13 N–H and O–H groups in total. The molecule has 0 radical (unpaired) electrons. The second-order valence-electron chi connectivity index (χ2n) is 11.7. The van der Waals surface area contributed by atoms with Crippen molar-refractivity contribution in [2.75, 3.05) is 6.61 Å². The van der Waals surface area contributed by atoms with Crippen LogP contribution in [0.3, 0.4) is 0 Å². The normalized spacial score (nSPS) is 19.1. The maximum Gasteiger partial charge on any atom is 0.340 e. The summed E-state index contributed by atoms with van der Waals surface area (Å²) < 4.78 is 27.3. The van der Waals surface area contributed by atoms with E-state index in [1.807, 2.05) is 0 Å². The molecular formula is C34H28O22. The predicted octanol–water partition coefficient (Wildman–Crippen LogP) is 0.705. The Morgan fingerprint density at radius 3 is 0.946 bits per heavy atom. The van der Waals surface area contributed by atoms with Crippen molar-refractivity contribution in [1.82, 2.24) is 0 Å². The van der Waals surface area contributed by atoms with Crippen molar-refractivity contribution in [2.45, 2.75) is 30.7 Å². The van der Waals surface area contributed by atoms with Gasteiger partial charge in [0.2, 0.25) is 12.4 Å². The molecule has 5 atom stereocenters. The molecular weight excluding hydrogens is 760 g/mol. The SMILES string of the molecule is O=C(OC1OC(CO)C(OC(=O)c2cc(O)c(O)c(O)c2)C(OC(=O)c2cc(O)c(O)c(O)c2)C1OC(=O)c1cc(O)c(O)c(O)c1)c1cc(O)c(O)c(O)c1. The lowest BCUT2D eigenvalue weighted by molar-refractivity contribution is -0.283. The van der Waals surface area contributed by atoms with Crippen LogP contribution >= 0.6 is 0 Å². The molecule has 1 saturated heterocycles. The summed E-state index contributed by atoms with van der Waals surface area (Å²) in [6.45, 7) is -1.20. The van der Waals surface area contributed by atoms with Crippen LogP contribution in [0.4, 0.5) is 0 Å². The number of benzene rings is 4. The third kappa shape index (κ3) is 7.80. The maximum atomic E-state index is 13.6. The smallest absolute Gasteiger partial charge is 0.340 e. The fourth-order valence-electron chi connectivity index (χ4n) is 5.16. The van der Waals surface area contributed by atoms with Gasteiger partial charge in [-0.3, -0.25) is 0 Å². The van der Waals surface area contributed by atoms with E-state index in [0.717, 1.165) is 0 Å². The van der Waals surface area contributed by atoms with E-state index in [2.05, 4.69) is 0 Å². The van der Waals surface area contributed by atoms with Gasteiger partial charge in [-0.25, -0.2) is 19.2 Å². The van der Waals surface area contributed by atoms with Crippen LogP contribution in [0.15, 0.2) is 48.5 Å². The van der Waals surface area contributed by atoms with Crippen molar-refractivity contribution in [3.8, 4) is 69.0 Å². The zero-order valence-electron chi connectivity index (χ0n) is 27.7. The largest absolute Gasteiger partial charge is 0.504 e. The number of aliphatic hydroxyl groups excluding tert-OH is 1. The zero-order chi connectivity index (χ0) is 41.3. The van der Waals surface area contributed by atoms with Crippen molar-refractivity contribution in [2.24, 2.45) is 0 Å².